The molecule has 0 aliphatic rings. The summed E-state index contributed by atoms with van der Waals surface area (Å²) in [6, 6.07) is 7.99. The van der Waals surface area contributed by atoms with Crippen LogP contribution in [0, 0.1) is 5.92 Å². The van der Waals surface area contributed by atoms with Crippen LogP contribution in [0.15, 0.2) is 35.6 Å². The highest BCUT2D eigenvalue weighted by molar-refractivity contribution is 6.30. The quantitative estimate of drug-likeness (QED) is 0.547. The summed E-state index contributed by atoms with van der Waals surface area (Å²) in [4.78, 5) is 4.69. The number of hydrogen-bond donors (Lipinski definition) is 2. The van der Waals surface area contributed by atoms with Crippen molar-refractivity contribution >= 4 is 17.6 Å². The van der Waals surface area contributed by atoms with E-state index in [1.165, 1.54) is 0 Å². The minimum atomic E-state index is 0.105. The summed E-state index contributed by atoms with van der Waals surface area (Å²) < 4.78 is 2.06. The van der Waals surface area contributed by atoms with Gasteiger partial charge in [-0.05, 0) is 30.5 Å². The zero-order valence-corrected chi connectivity index (χ0v) is 16.8. The van der Waals surface area contributed by atoms with Gasteiger partial charge in [0.15, 0.2) is 5.96 Å². The highest BCUT2D eigenvalue weighted by Gasteiger charge is 2.09. The molecule has 2 rings (SSSR count). The van der Waals surface area contributed by atoms with Crippen molar-refractivity contribution in [3.63, 3.8) is 0 Å². The topological polar surface area (TPSA) is 67.1 Å². The Bertz CT molecular complexity index is 710. The largest absolute Gasteiger partial charge is 0.355 e. The third-order valence-corrected chi connectivity index (χ3v) is 4.21. The first kappa shape index (κ1) is 20.2. The Morgan fingerprint density at radius 1 is 1.31 bits per heavy atom. The first-order valence-corrected chi connectivity index (χ1v) is 9.54. The van der Waals surface area contributed by atoms with Gasteiger partial charge in [0.05, 0.1) is 6.04 Å². The Morgan fingerprint density at radius 3 is 2.81 bits per heavy atom. The van der Waals surface area contributed by atoms with Gasteiger partial charge >= 0.3 is 0 Å². The van der Waals surface area contributed by atoms with Gasteiger partial charge in [0.2, 0.25) is 0 Å². The van der Waals surface area contributed by atoms with Crippen LogP contribution in [0.25, 0.3) is 0 Å². The molecule has 7 heteroatoms. The van der Waals surface area contributed by atoms with Crippen LogP contribution in [0.3, 0.4) is 0 Å². The second-order valence-electron chi connectivity index (χ2n) is 6.73. The number of nitrogens with one attached hydrogen (secondary N) is 2. The summed E-state index contributed by atoms with van der Waals surface area (Å²) in [6.07, 6.45) is 2.64. The fraction of sp³-hybridized carbons (Fsp3) is 0.526. The van der Waals surface area contributed by atoms with Crippen molar-refractivity contribution in [2.75, 3.05) is 13.1 Å². The third-order valence-electron chi connectivity index (χ3n) is 3.97. The summed E-state index contributed by atoms with van der Waals surface area (Å²) in [6.45, 7) is 10.8. The van der Waals surface area contributed by atoms with E-state index in [1.807, 2.05) is 18.2 Å². The summed E-state index contributed by atoms with van der Waals surface area (Å²) >= 11 is 6.11. The molecule has 1 atom stereocenters. The van der Waals surface area contributed by atoms with Gasteiger partial charge in [-0.15, -0.1) is 10.2 Å². The SMILES string of the molecule is CCc1nncn1CCNC(=NCC(C)C)NC(C)c1cccc(Cl)c1. The molecule has 6 nitrogen and oxygen atoms in total. The highest BCUT2D eigenvalue weighted by Crippen LogP contribution is 2.17. The molecule has 0 aliphatic heterocycles. The molecule has 0 saturated heterocycles. The van der Waals surface area contributed by atoms with Crippen LogP contribution in [0.1, 0.15) is 45.1 Å². The summed E-state index contributed by atoms with van der Waals surface area (Å²) in [5, 5.41) is 15.7. The number of nitrogens with zero attached hydrogens (tertiary/aromatic N) is 4. The third kappa shape index (κ3) is 6.33. The Kier molecular flexibility index (Phi) is 7.91. The molecule has 0 amide bonds. The van der Waals surface area contributed by atoms with Crippen molar-refractivity contribution in [3.05, 3.63) is 47.0 Å². The maximum atomic E-state index is 6.11. The molecule has 2 aromatic rings. The Labute approximate surface area is 161 Å². The lowest BCUT2D eigenvalue weighted by molar-refractivity contribution is 0.609. The Hall–Kier alpha value is -2.08. The predicted octanol–water partition coefficient (Wildman–Crippen LogP) is 3.45. The van der Waals surface area contributed by atoms with Crippen LogP contribution >= 0.6 is 11.6 Å². The van der Waals surface area contributed by atoms with Crippen LogP contribution in [0.2, 0.25) is 5.02 Å². The minimum Gasteiger partial charge on any atom is -0.355 e. The molecule has 0 spiro atoms. The molecule has 0 saturated carbocycles. The maximum Gasteiger partial charge on any atom is 0.191 e. The number of hydrogen-bond acceptors (Lipinski definition) is 3. The summed E-state index contributed by atoms with van der Waals surface area (Å²) in [5.41, 5.74) is 1.13. The van der Waals surface area contributed by atoms with Crippen molar-refractivity contribution in [1.82, 2.24) is 25.4 Å². The van der Waals surface area contributed by atoms with Gasteiger partial charge in [0, 0.05) is 31.1 Å². The van der Waals surface area contributed by atoms with Gasteiger partial charge in [0.1, 0.15) is 12.2 Å². The molecule has 2 N–H and O–H groups in total. The van der Waals surface area contributed by atoms with E-state index in [0.29, 0.717) is 5.92 Å². The highest BCUT2D eigenvalue weighted by atomic mass is 35.5. The van der Waals surface area contributed by atoms with Gasteiger partial charge < -0.3 is 15.2 Å². The monoisotopic (exact) mass is 376 g/mol. The van der Waals surface area contributed by atoms with E-state index in [2.05, 4.69) is 59.2 Å². The van der Waals surface area contributed by atoms with E-state index in [0.717, 1.165) is 48.4 Å². The molecule has 142 valence electrons. The second-order valence-corrected chi connectivity index (χ2v) is 7.16. The first-order valence-electron chi connectivity index (χ1n) is 9.16. The Morgan fingerprint density at radius 2 is 2.12 bits per heavy atom. The van der Waals surface area contributed by atoms with Crippen LogP contribution < -0.4 is 10.6 Å². The predicted molar refractivity (Wildman–Crippen MR) is 108 cm³/mol. The minimum absolute atomic E-state index is 0.105. The van der Waals surface area contributed by atoms with Crippen molar-refractivity contribution in [2.24, 2.45) is 10.9 Å². The molecule has 1 aromatic carbocycles. The first-order chi connectivity index (χ1) is 12.5. The summed E-state index contributed by atoms with van der Waals surface area (Å²) in [7, 11) is 0. The van der Waals surface area contributed by atoms with E-state index in [-0.39, 0.29) is 6.04 Å². The fourth-order valence-corrected chi connectivity index (χ4v) is 2.72. The van der Waals surface area contributed by atoms with Crippen LogP contribution in [0.4, 0.5) is 0 Å². The number of aromatic nitrogens is 3. The molecule has 1 heterocycles. The lowest BCUT2D eigenvalue weighted by atomic mass is 10.1. The number of aryl methyl sites for hydroxylation is 1. The number of rotatable bonds is 8. The molecule has 1 unspecified atom stereocenters. The normalized spacial score (nSPS) is 13.1. The zero-order valence-electron chi connectivity index (χ0n) is 16.0. The van der Waals surface area contributed by atoms with E-state index in [4.69, 9.17) is 16.6 Å². The lowest BCUT2D eigenvalue weighted by Crippen LogP contribution is -2.40. The molecule has 26 heavy (non-hydrogen) atoms. The second kappa shape index (κ2) is 10.2. The molecule has 1 aromatic heterocycles. The van der Waals surface area contributed by atoms with E-state index in [9.17, 15) is 0 Å². The Balaban J connectivity index is 1.98. The van der Waals surface area contributed by atoms with Crippen LogP contribution in [-0.4, -0.2) is 33.8 Å². The van der Waals surface area contributed by atoms with Crippen molar-refractivity contribution in [2.45, 2.75) is 46.7 Å². The van der Waals surface area contributed by atoms with E-state index >= 15 is 0 Å². The van der Waals surface area contributed by atoms with Gasteiger partial charge in [0.25, 0.3) is 0 Å². The standard InChI is InChI=1S/C19H29ClN6/c1-5-18-25-23-13-26(18)10-9-21-19(22-12-14(2)3)24-15(4)16-7-6-8-17(20)11-16/h6-8,11,13-15H,5,9-10,12H2,1-4H3,(H2,21,22,24). The van der Waals surface area contributed by atoms with Crippen molar-refractivity contribution in [1.29, 1.82) is 0 Å². The number of benzene rings is 1. The molecule has 0 aliphatic carbocycles. The summed E-state index contributed by atoms with van der Waals surface area (Å²) in [5.74, 6) is 2.30. The smallest absolute Gasteiger partial charge is 0.191 e. The number of halogens is 1. The molecule has 0 fully saturated rings. The van der Waals surface area contributed by atoms with Crippen LogP contribution in [-0.2, 0) is 13.0 Å². The van der Waals surface area contributed by atoms with Gasteiger partial charge in [-0.25, -0.2) is 0 Å². The lowest BCUT2D eigenvalue weighted by Gasteiger charge is -2.19. The van der Waals surface area contributed by atoms with E-state index < -0.39 is 0 Å². The van der Waals surface area contributed by atoms with E-state index in [1.54, 1.807) is 6.33 Å². The number of aliphatic imine (C=N–C) groups is 1. The van der Waals surface area contributed by atoms with Gasteiger partial charge in [-0.3, -0.25) is 4.99 Å². The maximum absolute atomic E-state index is 6.11. The molecule has 0 radical (unpaired) electrons. The van der Waals surface area contributed by atoms with Gasteiger partial charge in [-0.1, -0.05) is 44.5 Å². The molecular weight excluding hydrogens is 348 g/mol. The average molecular weight is 377 g/mol. The average Bonchev–Trinajstić information content (AvgIpc) is 3.06. The number of guanidine groups is 1. The molecule has 0 bridgehead atoms. The van der Waals surface area contributed by atoms with Crippen molar-refractivity contribution in [3.8, 4) is 0 Å². The van der Waals surface area contributed by atoms with Crippen molar-refractivity contribution < 1.29 is 0 Å². The molecular formula is C19H29ClN6. The van der Waals surface area contributed by atoms with Crippen LogP contribution in [0.5, 0.6) is 0 Å². The van der Waals surface area contributed by atoms with Gasteiger partial charge in [-0.2, -0.15) is 0 Å². The zero-order chi connectivity index (χ0) is 18.9. The fourth-order valence-electron chi connectivity index (χ4n) is 2.53.